The molecule has 1 aromatic rings. The van der Waals surface area contributed by atoms with E-state index in [1.54, 1.807) is 6.26 Å². The molecule has 0 saturated carbocycles. The van der Waals surface area contributed by atoms with Crippen LogP contribution in [-0.4, -0.2) is 28.5 Å². The number of benzene rings is 1. The number of nitriles is 1. The largest absolute Gasteiger partial charge is 0.299 e. The van der Waals surface area contributed by atoms with Crippen molar-refractivity contribution in [1.82, 2.24) is 4.90 Å². The first-order chi connectivity index (χ1) is 10.5. The Morgan fingerprint density at radius 1 is 1.23 bits per heavy atom. The van der Waals surface area contributed by atoms with Crippen molar-refractivity contribution in [2.24, 2.45) is 5.41 Å². The molecule has 0 aromatic heterocycles. The topological polar surface area (TPSA) is 44.1 Å². The molecule has 2 rings (SSSR count). The lowest BCUT2D eigenvalue weighted by Gasteiger charge is -2.38. The van der Waals surface area contributed by atoms with Crippen LogP contribution >= 0.6 is 0 Å². The Kier molecular flexibility index (Phi) is 7.78. The third-order valence-electron chi connectivity index (χ3n) is 4.23. The van der Waals surface area contributed by atoms with E-state index in [1.165, 1.54) is 5.56 Å². The van der Waals surface area contributed by atoms with Gasteiger partial charge in [-0.3, -0.25) is 9.11 Å². The van der Waals surface area contributed by atoms with Crippen LogP contribution in [0.1, 0.15) is 45.6 Å². The molecule has 3 nitrogen and oxygen atoms in total. The molecule has 4 heteroatoms. The highest BCUT2D eigenvalue weighted by Crippen LogP contribution is 2.34. The Morgan fingerprint density at radius 3 is 2.23 bits per heavy atom. The zero-order chi connectivity index (χ0) is 16.6. The SMILES string of the molecule is CC.CS(=O)c1ccc(CN2CCC(C)(CC#N)CC2)cc1. The average molecular weight is 321 g/mol. The zero-order valence-electron chi connectivity index (χ0n) is 14.3. The van der Waals surface area contributed by atoms with Crippen LogP contribution in [0.5, 0.6) is 0 Å². The van der Waals surface area contributed by atoms with Crippen molar-refractivity contribution in [3.05, 3.63) is 29.8 Å². The van der Waals surface area contributed by atoms with E-state index in [0.717, 1.165) is 37.4 Å². The van der Waals surface area contributed by atoms with Crippen LogP contribution in [0.25, 0.3) is 0 Å². The van der Waals surface area contributed by atoms with Crippen LogP contribution in [0.4, 0.5) is 0 Å². The van der Waals surface area contributed by atoms with Crippen molar-refractivity contribution >= 4 is 10.8 Å². The van der Waals surface area contributed by atoms with Crippen molar-refractivity contribution in [2.75, 3.05) is 19.3 Å². The summed E-state index contributed by atoms with van der Waals surface area (Å²) in [4.78, 5) is 3.32. The first-order valence-corrected chi connectivity index (χ1v) is 9.60. The van der Waals surface area contributed by atoms with Gasteiger partial charge < -0.3 is 0 Å². The molecular weight excluding hydrogens is 292 g/mol. The van der Waals surface area contributed by atoms with Gasteiger partial charge in [-0.2, -0.15) is 5.26 Å². The molecule has 0 spiro atoms. The van der Waals surface area contributed by atoms with E-state index in [4.69, 9.17) is 5.26 Å². The van der Waals surface area contributed by atoms with Gasteiger partial charge in [-0.15, -0.1) is 0 Å². The van der Waals surface area contributed by atoms with E-state index >= 15 is 0 Å². The fourth-order valence-electron chi connectivity index (χ4n) is 2.66. The molecule has 22 heavy (non-hydrogen) atoms. The Bertz CT molecular complexity index is 511. The van der Waals surface area contributed by atoms with Crippen LogP contribution in [0.15, 0.2) is 29.2 Å². The van der Waals surface area contributed by atoms with E-state index < -0.39 is 10.8 Å². The smallest absolute Gasteiger partial charge is 0.0627 e. The molecule has 1 fully saturated rings. The average Bonchev–Trinajstić information content (AvgIpc) is 2.52. The molecule has 0 radical (unpaired) electrons. The summed E-state index contributed by atoms with van der Waals surface area (Å²) in [7, 11) is -0.901. The molecule has 0 bridgehead atoms. The molecule has 0 aliphatic carbocycles. The maximum atomic E-state index is 11.4. The highest BCUT2D eigenvalue weighted by Gasteiger charge is 2.29. The summed E-state index contributed by atoms with van der Waals surface area (Å²) in [6.45, 7) is 9.28. The fourth-order valence-corrected chi connectivity index (χ4v) is 3.18. The lowest BCUT2D eigenvalue weighted by atomic mass is 9.78. The molecule has 122 valence electrons. The minimum absolute atomic E-state index is 0.203. The quantitative estimate of drug-likeness (QED) is 0.843. The molecule has 1 aliphatic heterocycles. The molecule has 1 heterocycles. The summed E-state index contributed by atoms with van der Waals surface area (Å²) < 4.78 is 11.4. The van der Waals surface area contributed by atoms with Gasteiger partial charge in [0.05, 0.1) is 6.07 Å². The molecule has 1 aromatic carbocycles. The Morgan fingerprint density at radius 2 is 1.77 bits per heavy atom. The summed E-state index contributed by atoms with van der Waals surface area (Å²) >= 11 is 0. The summed E-state index contributed by atoms with van der Waals surface area (Å²) in [5, 5.41) is 8.87. The summed E-state index contributed by atoms with van der Waals surface area (Å²) in [5.41, 5.74) is 1.47. The van der Waals surface area contributed by atoms with Gasteiger partial charge in [-0.25, -0.2) is 0 Å². The number of nitrogens with zero attached hydrogens (tertiary/aromatic N) is 2. The van der Waals surface area contributed by atoms with Gasteiger partial charge in [0.2, 0.25) is 0 Å². The Labute approximate surface area is 137 Å². The van der Waals surface area contributed by atoms with E-state index in [9.17, 15) is 4.21 Å². The van der Waals surface area contributed by atoms with Crippen molar-refractivity contribution < 1.29 is 4.21 Å². The van der Waals surface area contributed by atoms with Gasteiger partial charge in [-0.1, -0.05) is 32.9 Å². The predicted molar refractivity (Wildman–Crippen MR) is 93.0 cm³/mol. The van der Waals surface area contributed by atoms with Crippen molar-refractivity contribution in [3.8, 4) is 6.07 Å². The van der Waals surface area contributed by atoms with Gasteiger partial charge in [-0.05, 0) is 49.0 Å². The fraction of sp³-hybridized carbons (Fsp3) is 0.611. The van der Waals surface area contributed by atoms with Gasteiger partial charge in [0.25, 0.3) is 0 Å². The van der Waals surface area contributed by atoms with Crippen LogP contribution in [0.2, 0.25) is 0 Å². The number of piperidine rings is 1. The third-order valence-corrected chi connectivity index (χ3v) is 5.17. The second-order valence-corrected chi connectivity index (χ2v) is 7.40. The second-order valence-electron chi connectivity index (χ2n) is 6.02. The van der Waals surface area contributed by atoms with E-state index in [0.29, 0.717) is 6.42 Å². The molecule has 1 aliphatic rings. The zero-order valence-corrected chi connectivity index (χ0v) is 15.1. The first kappa shape index (κ1) is 18.9. The van der Waals surface area contributed by atoms with E-state index in [1.807, 2.05) is 26.0 Å². The molecule has 0 N–H and O–H groups in total. The van der Waals surface area contributed by atoms with Gasteiger partial charge in [0, 0.05) is 34.9 Å². The van der Waals surface area contributed by atoms with Crippen LogP contribution in [0, 0.1) is 16.7 Å². The third kappa shape index (κ3) is 5.55. The molecular formula is C18H28N2OS. The lowest BCUT2D eigenvalue weighted by molar-refractivity contribution is 0.116. The summed E-state index contributed by atoms with van der Waals surface area (Å²) in [6, 6.07) is 10.4. The number of hydrogen-bond acceptors (Lipinski definition) is 3. The van der Waals surface area contributed by atoms with Gasteiger partial charge in [0.1, 0.15) is 0 Å². The molecule has 1 unspecified atom stereocenters. The predicted octanol–water partition coefficient (Wildman–Crippen LogP) is 3.97. The van der Waals surface area contributed by atoms with Crippen LogP contribution in [0.3, 0.4) is 0 Å². The second kappa shape index (κ2) is 9.07. The molecule has 1 atom stereocenters. The molecule has 0 amide bonds. The highest BCUT2D eigenvalue weighted by molar-refractivity contribution is 7.84. The number of likely N-dealkylation sites (tertiary alicyclic amines) is 1. The maximum absolute atomic E-state index is 11.4. The summed E-state index contributed by atoms with van der Waals surface area (Å²) in [5.74, 6) is 0. The van der Waals surface area contributed by atoms with Gasteiger partial charge in [0.15, 0.2) is 0 Å². The minimum Gasteiger partial charge on any atom is -0.299 e. The standard InChI is InChI=1S/C16H22N2OS.C2H6/c1-16(7-10-17)8-11-18(12-9-16)13-14-3-5-15(6-4-14)20(2)19;1-2/h3-6H,7-9,11-13H2,1-2H3;1-2H3. The monoisotopic (exact) mass is 320 g/mol. The van der Waals surface area contributed by atoms with Crippen molar-refractivity contribution in [1.29, 1.82) is 5.26 Å². The van der Waals surface area contributed by atoms with Crippen molar-refractivity contribution in [3.63, 3.8) is 0 Å². The van der Waals surface area contributed by atoms with Crippen LogP contribution in [-0.2, 0) is 17.3 Å². The summed E-state index contributed by atoms with van der Waals surface area (Å²) in [6.07, 6.45) is 4.56. The van der Waals surface area contributed by atoms with E-state index in [2.05, 4.69) is 30.0 Å². The van der Waals surface area contributed by atoms with Crippen molar-refractivity contribution in [2.45, 2.75) is 51.5 Å². The lowest BCUT2D eigenvalue weighted by Crippen LogP contribution is -2.38. The molecule has 1 saturated heterocycles. The number of hydrogen-bond donors (Lipinski definition) is 0. The highest BCUT2D eigenvalue weighted by atomic mass is 32.2. The number of rotatable bonds is 4. The van der Waals surface area contributed by atoms with Crippen LogP contribution < -0.4 is 0 Å². The first-order valence-electron chi connectivity index (χ1n) is 8.04. The Hall–Kier alpha value is -1.18. The normalized spacial score (nSPS) is 18.7. The van der Waals surface area contributed by atoms with Gasteiger partial charge >= 0.3 is 0 Å². The minimum atomic E-state index is -0.901. The van der Waals surface area contributed by atoms with E-state index in [-0.39, 0.29) is 5.41 Å². The maximum Gasteiger partial charge on any atom is 0.0627 e. The Balaban J connectivity index is 0.00000116.